The molecule has 0 unspecified atom stereocenters. The van der Waals surface area contributed by atoms with Crippen LogP contribution in [0.4, 0.5) is 0 Å². The number of carbonyl (C=O) groups excluding carboxylic acids is 2. The zero-order valence-electron chi connectivity index (χ0n) is 18.6. The molecule has 172 valence electrons. The molecule has 1 saturated carbocycles. The lowest BCUT2D eigenvalue weighted by atomic mass is 9.66. The molecule has 2 N–H and O–H groups in total. The van der Waals surface area contributed by atoms with Crippen molar-refractivity contribution in [3.8, 4) is 0 Å². The van der Waals surface area contributed by atoms with Crippen LogP contribution in [0.2, 0.25) is 5.02 Å². The molecular formula is C24H31ClN4O3. The number of imidazole rings is 1. The van der Waals surface area contributed by atoms with Crippen molar-refractivity contribution < 1.29 is 14.7 Å². The standard InChI is InChI=1S/C24H31ClN4O3/c1-23(2)15-29(12-10-24(23,32)17-6-8-18(25)9-7-17)22(31)19-4-3-5-20(19)27-21(30)14-28-13-11-26-16-28/h6-9,11,13,16,19-20,32H,3-5,10,12,14-15H2,1-2H3,(H,27,30)/t19-,20+,24-/m0/s1. The Labute approximate surface area is 193 Å². The van der Waals surface area contributed by atoms with Gasteiger partial charge in [-0.2, -0.15) is 0 Å². The number of carbonyl (C=O) groups is 2. The molecule has 1 aliphatic heterocycles. The van der Waals surface area contributed by atoms with E-state index in [1.165, 1.54) is 0 Å². The molecule has 7 nitrogen and oxygen atoms in total. The summed E-state index contributed by atoms with van der Waals surface area (Å²) in [7, 11) is 0. The summed E-state index contributed by atoms with van der Waals surface area (Å²) >= 11 is 6.02. The maximum atomic E-state index is 13.4. The Morgan fingerprint density at radius 2 is 2.00 bits per heavy atom. The second-order valence-electron chi connectivity index (χ2n) is 9.71. The van der Waals surface area contributed by atoms with Crippen molar-refractivity contribution >= 4 is 23.4 Å². The van der Waals surface area contributed by atoms with Crippen molar-refractivity contribution in [3.63, 3.8) is 0 Å². The number of likely N-dealkylation sites (tertiary alicyclic amines) is 1. The third kappa shape index (κ3) is 4.41. The number of hydrogen-bond acceptors (Lipinski definition) is 4. The monoisotopic (exact) mass is 458 g/mol. The topological polar surface area (TPSA) is 87.5 Å². The van der Waals surface area contributed by atoms with Crippen LogP contribution in [-0.4, -0.2) is 50.5 Å². The van der Waals surface area contributed by atoms with Crippen molar-refractivity contribution in [1.82, 2.24) is 19.8 Å². The van der Waals surface area contributed by atoms with Crippen molar-refractivity contribution in [3.05, 3.63) is 53.6 Å². The maximum absolute atomic E-state index is 13.4. The fourth-order valence-electron chi connectivity index (χ4n) is 5.23. The van der Waals surface area contributed by atoms with Gasteiger partial charge in [-0.25, -0.2) is 4.98 Å². The molecule has 32 heavy (non-hydrogen) atoms. The predicted molar refractivity (Wildman–Crippen MR) is 122 cm³/mol. The summed E-state index contributed by atoms with van der Waals surface area (Å²) in [6.45, 7) is 5.13. The second-order valence-corrected chi connectivity index (χ2v) is 10.1. The van der Waals surface area contributed by atoms with Gasteiger partial charge in [0.2, 0.25) is 11.8 Å². The zero-order valence-corrected chi connectivity index (χ0v) is 19.4. The first kappa shape index (κ1) is 22.8. The van der Waals surface area contributed by atoms with Crippen LogP contribution in [0.1, 0.15) is 45.1 Å². The summed E-state index contributed by atoms with van der Waals surface area (Å²) in [6, 6.07) is 7.16. The van der Waals surface area contributed by atoms with E-state index in [0.29, 0.717) is 24.5 Å². The van der Waals surface area contributed by atoms with Gasteiger partial charge in [0.25, 0.3) is 0 Å². The average Bonchev–Trinajstić information content (AvgIpc) is 3.42. The Bertz CT molecular complexity index is 960. The van der Waals surface area contributed by atoms with Crippen LogP contribution < -0.4 is 5.32 Å². The summed E-state index contributed by atoms with van der Waals surface area (Å²) in [5.41, 5.74) is -0.750. The minimum Gasteiger partial charge on any atom is -0.384 e. The average molecular weight is 459 g/mol. The number of piperidine rings is 1. The van der Waals surface area contributed by atoms with E-state index in [2.05, 4.69) is 10.3 Å². The van der Waals surface area contributed by atoms with Gasteiger partial charge >= 0.3 is 0 Å². The Hall–Kier alpha value is -2.38. The first-order valence-electron chi connectivity index (χ1n) is 11.2. The summed E-state index contributed by atoms with van der Waals surface area (Å²) < 4.78 is 1.71. The number of halogens is 1. The number of amides is 2. The van der Waals surface area contributed by atoms with Crippen molar-refractivity contribution in [2.45, 2.75) is 57.7 Å². The van der Waals surface area contributed by atoms with Crippen LogP contribution in [0.15, 0.2) is 43.0 Å². The molecule has 2 fully saturated rings. The Morgan fingerprint density at radius 1 is 1.25 bits per heavy atom. The lowest BCUT2D eigenvalue weighted by molar-refractivity contribution is -0.157. The van der Waals surface area contributed by atoms with Crippen LogP contribution in [0.5, 0.6) is 0 Å². The Morgan fingerprint density at radius 3 is 2.66 bits per heavy atom. The zero-order chi connectivity index (χ0) is 22.9. The number of hydrogen-bond donors (Lipinski definition) is 2. The van der Waals surface area contributed by atoms with Gasteiger partial charge in [0, 0.05) is 42.0 Å². The van der Waals surface area contributed by atoms with E-state index in [9.17, 15) is 14.7 Å². The minimum absolute atomic E-state index is 0.0710. The van der Waals surface area contributed by atoms with Crippen molar-refractivity contribution in [2.75, 3.05) is 13.1 Å². The molecule has 1 aromatic carbocycles. The summed E-state index contributed by atoms with van der Waals surface area (Å²) in [5.74, 6) is -0.260. The van der Waals surface area contributed by atoms with E-state index in [1.54, 1.807) is 35.4 Å². The molecular weight excluding hydrogens is 428 g/mol. The number of nitrogens with one attached hydrogen (secondary N) is 1. The number of nitrogens with zero attached hydrogens (tertiary/aromatic N) is 3. The quantitative estimate of drug-likeness (QED) is 0.721. The van der Waals surface area contributed by atoms with E-state index < -0.39 is 11.0 Å². The summed E-state index contributed by atoms with van der Waals surface area (Å²) in [5, 5.41) is 15.3. The van der Waals surface area contributed by atoms with Crippen molar-refractivity contribution in [1.29, 1.82) is 0 Å². The largest absolute Gasteiger partial charge is 0.384 e. The van der Waals surface area contributed by atoms with Crippen LogP contribution in [0, 0.1) is 11.3 Å². The molecule has 0 radical (unpaired) electrons. The molecule has 4 rings (SSSR count). The van der Waals surface area contributed by atoms with Gasteiger partial charge in [-0.1, -0.05) is 44.0 Å². The van der Waals surface area contributed by atoms with E-state index in [4.69, 9.17) is 11.6 Å². The highest BCUT2D eigenvalue weighted by molar-refractivity contribution is 6.30. The van der Waals surface area contributed by atoms with Gasteiger partial charge in [0.05, 0.1) is 17.8 Å². The molecule has 3 atom stereocenters. The molecule has 0 spiro atoms. The summed E-state index contributed by atoms with van der Waals surface area (Å²) in [6.07, 6.45) is 7.93. The maximum Gasteiger partial charge on any atom is 0.240 e. The SMILES string of the molecule is CC1(C)CN(C(=O)[C@H]2CCC[C@H]2NC(=O)Cn2ccnc2)CC[C@]1(O)c1ccc(Cl)cc1. The normalized spacial score (nSPS) is 27.3. The van der Waals surface area contributed by atoms with Gasteiger partial charge < -0.3 is 19.9 Å². The highest BCUT2D eigenvalue weighted by Crippen LogP contribution is 2.46. The first-order valence-corrected chi connectivity index (χ1v) is 11.6. The van der Waals surface area contributed by atoms with Crippen LogP contribution in [0.3, 0.4) is 0 Å². The van der Waals surface area contributed by atoms with E-state index in [1.807, 2.05) is 30.9 Å². The third-order valence-corrected chi connectivity index (χ3v) is 7.40. The molecule has 1 saturated heterocycles. The Balaban J connectivity index is 1.42. The summed E-state index contributed by atoms with van der Waals surface area (Å²) in [4.78, 5) is 31.7. The van der Waals surface area contributed by atoms with Gasteiger partial charge in [-0.3, -0.25) is 9.59 Å². The molecule has 1 aromatic heterocycles. The molecule has 2 aliphatic rings. The highest BCUT2D eigenvalue weighted by Gasteiger charge is 2.50. The molecule has 0 bridgehead atoms. The minimum atomic E-state index is -1.04. The fourth-order valence-corrected chi connectivity index (χ4v) is 5.36. The Kier molecular flexibility index (Phi) is 6.32. The highest BCUT2D eigenvalue weighted by atomic mass is 35.5. The van der Waals surface area contributed by atoms with Gasteiger partial charge in [-0.05, 0) is 37.0 Å². The molecule has 2 heterocycles. The van der Waals surface area contributed by atoms with Crippen LogP contribution in [0.25, 0.3) is 0 Å². The lowest BCUT2D eigenvalue weighted by Gasteiger charge is -2.51. The first-order chi connectivity index (χ1) is 15.2. The third-order valence-electron chi connectivity index (χ3n) is 7.15. The van der Waals surface area contributed by atoms with E-state index in [0.717, 1.165) is 24.8 Å². The van der Waals surface area contributed by atoms with E-state index in [-0.39, 0.29) is 30.3 Å². The molecule has 2 aromatic rings. The fraction of sp³-hybridized carbons (Fsp3) is 0.542. The molecule has 8 heteroatoms. The van der Waals surface area contributed by atoms with Gasteiger partial charge in [0.1, 0.15) is 6.54 Å². The number of aliphatic hydroxyl groups is 1. The predicted octanol–water partition coefficient (Wildman–Crippen LogP) is 2.97. The smallest absolute Gasteiger partial charge is 0.240 e. The van der Waals surface area contributed by atoms with Crippen molar-refractivity contribution in [2.24, 2.45) is 11.3 Å². The number of aromatic nitrogens is 2. The number of benzene rings is 1. The number of rotatable bonds is 5. The van der Waals surface area contributed by atoms with Gasteiger partial charge in [0.15, 0.2) is 0 Å². The van der Waals surface area contributed by atoms with Crippen LogP contribution in [-0.2, 0) is 21.7 Å². The van der Waals surface area contributed by atoms with E-state index >= 15 is 0 Å². The lowest BCUT2D eigenvalue weighted by Crippen LogP contribution is -2.58. The second kappa shape index (κ2) is 8.87. The molecule has 1 aliphatic carbocycles. The van der Waals surface area contributed by atoms with Gasteiger partial charge in [-0.15, -0.1) is 0 Å². The molecule has 2 amide bonds. The van der Waals surface area contributed by atoms with Crippen LogP contribution >= 0.6 is 11.6 Å².